The lowest BCUT2D eigenvalue weighted by Crippen LogP contribution is -2.24. The zero-order chi connectivity index (χ0) is 12.5. The van der Waals surface area contributed by atoms with Gasteiger partial charge in [-0.2, -0.15) is 0 Å². The molecule has 0 heterocycles. The summed E-state index contributed by atoms with van der Waals surface area (Å²) >= 11 is 1.75. The third-order valence-corrected chi connectivity index (χ3v) is 3.14. The fraction of sp³-hybridized carbons (Fsp3) is 0.462. The van der Waals surface area contributed by atoms with Crippen LogP contribution < -0.4 is 10.6 Å². The third kappa shape index (κ3) is 6.34. The van der Waals surface area contributed by atoms with Crippen molar-refractivity contribution < 1.29 is 4.79 Å². The Labute approximate surface area is 107 Å². The molecule has 0 radical (unpaired) electrons. The second-order valence-electron chi connectivity index (χ2n) is 3.86. The molecule has 4 heteroatoms. The van der Waals surface area contributed by atoms with E-state index >= 15 is 0 Å². The Kier molecular flexibility index (Phi) is 6.74. The van der Waals surface area contributed by atoms with Gasteiger partial charge in [0.25, 0.3) is 0 Å². The molecule has 1 rings (SSSR count). The van der Waals surface area contributed by atoms with E-state index in [0.717, 1.165) is 26.1 Å². The van der Waals surface area contributed by atoms with Gasteiger partial charge in [-0.3, -0.25) is 4.79 Å². The minimum atomic E-state index is 0.0395. The third-order valence-electron chi connectivity index (χ3n) is 2.39. The van der Waals surface area contributed by atoms with Crippen molar-refractivity contribution in [1.82, 2.24) is 10.6 Å². The second-order valence-corrected chi connectivity index (χ2v) is 4.74. The number of carbonyl (C=O) groups is 1. The molecule has 0 saturated carbocycles. The van der Waals surface area contributed by atoms with Gasteiger partial charge in [0.15, 0.2) is 0 Å². The van der Waals surface area contributed by atoms with E-state index in [1.54, 1.807) is 18.7 Å². The van der Waals surface area contributed by atoms with Gasteiger partial charge in [-0.1, -0.05) is 12.1 Å². The number of nitrogens with one attached hydrogen (secondary N) is 2. The molecule has 0 aliphatic carbocycles. The van der Waals surface area contributed by atoms with E-state index < -0.39 is 0 Å². The highest BCUT2D eigenvalue weighted by atomic mass is 32.2. The molecule has 0 unspecified atom stereocenters. The van der Waals surface area contributed by atoms with Gasteiger partial charge in [-0.15, -0.1) is 11.8 Å². The number of thioether (sulfide) groups is 1. The van der Waals surface area contributed by atoms with Crippen molar-refractivity contribution in [3.63, 3.8) is 0 Å². The van der Waals surface area contributed by atoms with Crippen LogP contribution in [0.4, 0.5) is 0 Å². The van der Waals surface area contributed by atoms with Crippen molar-refractivity contribution in [1.29, 1.82) is 0 Å². The lowest BCUT2D eigenvalue weighted by Gasteiger charge is -2.06. The molecule has 3 nitrogen and oxygen atoms in total. The Morgan fingerprint density at radius 2 is 1.94 bits per heavy atom. The molecule has 0 aliphatic rings. The summed E-state index contributed by atoms with van der Waals surface area (Å²) in [5.41, 5.74) is 1.29. The Bertz CT molecular complexity index is 338. The first kappa shape index (κ1) is 14.1. The van der Waals surface area contributed by atoms with Crippen molar-refractivity contribution in [3.8, 4) is 0 Å². The first-order chi connectivity index (χ1) is 8.22. The van der Waals surface area contributed by atoms with Crippen LogP contribution in [0.3, 0.4) is 0 Å². The summed E-state index contributed by atoms with van der Waals surface area (Å²) in [6.45, 7) is 4.09. The summed E-state index contributed by atoms with van der Waals surface area (Å²) < 4.78 is 0. The van der Waals surface area contributed by atoms with Gasteiger partial charge in [0.2, 0.25) is 5.91 Å². The van der Waals surface area contributed by atoms with Gasteiger partial charge in [0.1, 0.15) is 0 Å². The van der Waals surface area contributed by atoms with Crippen LogP contribution in [0.25, 0.3) is 0 Å². The maximum Gasteiger partial charge on any atom is 0.216 e. The Morgan fingerprint density at radius 1 is 1.24 bits per heavy atom. The van der Waals surface area contributed by atoms with Gasteiger partial charge in [0.05, 0.1) is 0 Å². The molecule has 2 N–H and O–H groups in total. The van der Waals surface area contributed by atoms with Crippen molar-refractivity contribution in [2.45, 2.75) is 24.8 Å². The van der Waals surface area contributed by atoms with E-state index in [-0.39, 0.29) is 5.91 Å². The first-order valence-corrected chi connectivity index (χ1v) is 7.03. The molecule has 17 heavy (non-hydrogen) atoms. The van der Waals surface area contributed by atoms with E-state index in [0.29, 0.717) is 0 Å². The highest BCUT2D eigenvalue weighted by Gasteiger charge is 1.94. The molecule has 0 atom stereocenters. The molecule has 0 bridgehead atoms. The Hall–Kier alpha value is -1.00. The second kappa shape index (κ2) is 8.14. The number of benzene rings is 1. The van der Waals surface area contributed by atoms with Gasteiger partial charge < -0.3 is 10.6 Å². The zero-order valence-corrected chi connectivity index (χ0v) is 11.3. The molecule has 0 spiro atoms. The van der Waals surface area contributed by atoms with Gasteiger partial charge in [0, 0.05) is 24.9 Å². The molecular weight excluding hydrogens is 232 g/mol. The van der Waals surface area contributed by atoms with Crippen molar-refractivity contribution >= 4 is 17.7 Å². The normalized spacial score (nSPS) is 10.2. The number of carbonyl (C=O) groups excluding carboxylic acids is 1. The summed E-state index contributed by atoms with van der Waals surface area (Å²) in [7, 11) is 0. The smallest absolute Gasteiger partial charge is 0.216 e. The predicted octanol–water partition coefficient (Wildman–Crippen LogP) is 2.02. The summed E-state index contributed by atoms with van der Waals surface area (Å²) in [5, 5.41) is 6.13. The Morgan fingerprint density at radius 3 is 2.53 bits per heavy atom. The van der Waals surface area contributed by atoms with Gasteiger partial charge >= 0.3 is 0 Å². The highest BCUT2D eigenvalue weighted by molar-refractivity contribution is 7.98. The average molecular weight is 252 g/mol. The van der Waals surface area contributed by atoms with Crippen molar-refractivity contribution in [2.24, 2.45) is 0 Å². The van der Waals surface area contributed by atoms with Crippen molar-refractivity contribution in [2.75, 3.05) is 19.3 Å². The molecule has 1 amide bonds. The van der Waals surface area contributed by atoms with Crippen LogP contribution in [0.15, 0.2) is 29.2 Å². The van der Waals surface area contributed by atoms with E-state index in [2.05, 4.69) is 41.2 Å². The number of amides is 1. The summed E-state index contributed by atoms with van der Waals surface area (Å²) in [4.78, 5) is 11.9. The highest BCUT2D eigenvalue weighted by Crippen LogP contribution is 2.14. The summed E-state index contributed by atoms with van der Waals surface area (Å²) in [6.07, 6.45) is 3.04. The number of rotatable bonds is 7. The fourth-order valence-corrected chi connectivity index (χ4v) is 1.86. The summed E-state index contributed by atoms with van der Waals surface area (Å²) in [5.74, 6) is 0.0395. The average Bonchev–Trinajstić information content (AvgIpc) is 2.34. The number of hydrogen-bond acceptors (Lipinski definition) is 3. The Balaban J connectivity index is 2.11. The monoisotopic (exact) mass is 252 g/mol. The minimum Gasteiger partial charge on any atom is -0.356 e. The SMILES string of the molecule is CSc1ccc(CNCCCNC(C)=O)cc1. The zero-order valence-electron chi connectivity index (χ0n) is 10.5. The van der Waals surface area contributed by atoms with Crippen LogP contribution in [0, 0.1) is 0 Å². The van der Waals surface area contributed by atoms with Crippen LogP contribution in [-0.2, 0) is 11.3 Å². The van der Waals surface area contributed by atoms with Gasteiger partial charge in [-0.05, 0) is 36.9 Å². The van der Waals surface area contributed by atoms with Crippen molar-refractivity contribution in [3.05, 3.63) is 29.8 Å². The van der Waals surface area contributed by atoms with Crippen LogP contribution in [-0.4, -0.2) is 25.3 Å². The van der Waals surface area contributed by atoms with Crippen LogP contribution in [0.5, 0.6) is 0 Å². The van der Waals surface area contributed by atoms with Crippen LogP contribution >= 0.6 is 11.8 Å². The molecule has 0 aromatic heterocycles. The lowest BCUT2D eigenvalue weighted by atomic mass is 10.2. The molecular formula is C13H20N2OS. The topological polar surface area (TPSA) is 41.1 Å². The minimum absolute atomic E-state index is 0.0395. The van der Waals surface area contributed by atoms with E-state index in [4.69, 9.17) is 0 Å². The van der Waals surface area contributed by atoms with Crippen LogP contribution in [0.1, 0.15) is 18.9 Å². The first-order valence-electron chi connectivity index (χ1n) is 5.80. The van der Waals surface area contributed by atoms with Gasteiger partial charge in [-0.25, -0.2) is 0 Å². The number of hydrogen-bond donors (Lipinski definition) is 2. The summed E-state index contributed by atoms with van der Waals surface area (Å²) in [6, 6.07) is 8.57. The van der Waals surface area contributed by atoms with Crippen LogP contribution in [0.2, 0.25) is 0 Å². The maximum absolute atomic E-state index is 10.6. The lowest BCUT2D eigenvalue weighted by molar-refractivity contribution is -0.118. The molecule has 0 fully saturated rings. The fourth-order valence-electron chi connectivity index (χ4n) is 1.45. The predicted molar refractivity (Wildman–Crippen MR) is 73.2 cm³/mol. The maximum atomic E-state index is 10.6. The molecule has 94 valence electrons. The van der Waals surface area contributed by atoms with E-state index in [1.807, 2.05) is 0 Å². The molecule has 0 saturated heterocycles. The van der Waals surface area contributed by atoms with E-state index in [1.165, 1.54) is 10.5 Å². The quantitative estimate of drug-likeness (QED) is 0.576. The van der Waals surface area contributed by atoms with E-state index in [9.17, 15) is 4.79 Å². The molecule has 1 aromatic rings. The molecule has 1 aromatic carbocycles. The largest absolute Gasteiger partial charge is 0.356 e. The molecule has 0 aliphatic heterocycles. The standard InChI is InChI=1S/C13H20N2OS/c1-11(16)15-9-3-8-14-10-12-4-6-13(17-2)7-5-12/h4-7,14H,3,8-10H2,1-2H3,(H,15,16).